The lowest BCUT2D eigenvalue weighted by atomic mass is 10.0. The molecule has 0 spiro atoms. The molecule has 0 saturated carbocycles. The van der Waals surface area contributed by atoms with Gasteiger partial charge >= 0.3 is 0 Å². The molecule has 0 heterocycles. The van der Waals surface area contributed by atoms with E-state index in [1.54, 1.807) is 18.2 Å². The van der Waals surface area contributed by atoms with Gasteiger partial charge < -0.3 is 9.84 Å². The van der Waals surface area contributed by atoms with Crippen LogP contribution in [0.15, 0.2) is 42.5 Å². The molecule has 1 N–H and O–H groups in total. The van der Waals surface area contributed by atoms with E-state index in [9.17, 15) is 9.50 Å². The summed E-state index contributed by atoms with van der Waals surface area (Å²) in [5.41, 5.74) is 1.12. The summed E-state index contributed by atoms with van der Waals surface area (Å²) < 4.78 is 18.4. The van der Waals surface area contributed by atoms with Crippen molar-refractivity contribution in [3.8, 4) is 5.75 Å². The first-order chi connectivity index (χ1) is 9.11. The Bertz CT molecular complexity index is 572. The monoisotopic (exact) mass is 280 g/mol. The third kappa shape index (κ3) is 3.25. The number of hydrogen-bond acceptors (Lipinski definition) is 2. The molecule has 0 fully saturated rings. The largest absolute Gasteiger partial charge is 0.494 e. The Labute approximate surface area is 116 Å². The van der Waals surface area contributed by atoms with Crippen LogP contribution in [-0.2, 0) is 0 Å². The van der Waals surface area contributed by atoms with Crippen LogP contribution >= 0.6 is 11.6 Å². The van der Waals surface area contributed by atoms with Gasteiger partial charge in [-0.3, -0.25) is 0 Å². The van der Waals surface area contributed by atoms with Crippen molar-refractivity contribution >= 4 is 11.6 Å². The molecule has 4 heteroatoms. The molecule has 0 bridgehead atoms. The van der Waals surface area contributed by atoms with Crippen LogP contribution in [0.1, 0.15) is 24.2 Å². The molecule has 0 aliphatic rings. The molecular formula is C15H14ClFO2. The van der Waals surface area contributed by atoms with E-state index in [0.717, 1.165) is 0 Å². The van der Waals surface area contributed by atoms with Crippen LogP contribution < -0.4 is 4.74 Å². The number of aliphatic hydroxyl groups is 1. The van der Waals surface area contributed by atoms with E-state index in [0.29, 0.717) is 23.5 Å². The second kappa shape index (κ2) is 6.04. The first-order valence-corrected chi connectivity index (χ1v) is 6.35. The fourth-order valence-corrected chi connectivity index (χ4v) is 2.11. The average Bonchev–Trinajstić information content (AvgIpc) is 2.39. The van der Waals surface area contributed by atoms with Crippen LogP contribution in [0, 0.1) is 5.82 Å². The van der Waals surface area contributed by atoms with Gasteiger partial charge in [-0.15, -0.1) is 0 Å². The summed E-state index contributed by atoms with van der Waals surface area (Å²) in [6.45, 7) is 2.44. The van der Waals surface area contributed by atoms with Gasteiger partial charge in [0.1, 0.15) is 17.7 Å². The molecule has 2 nitrogen and oxygen atoms in total. The van der Waals surface area contributed by atoms with Crippen molar-refractivity contribution < 1.29 is 14.2 Å². The molecule has 0 aliphatic carbocycles. The van der Waals surface area contributed by atoms with Gasteiger partial charge in [0.2, 0.25) is 0 Å². The van der Waals surface area contributed by atoms with Crippen LogP contribution in [0.25, 0.3) is 0 Å². The molecule has 0 amide bonds. The maximum atomic E-state index is 13.0. The zero-order chi connectivity index (χ0) is 13.8. The standard InChI is InChI=1S/C15H14ClFO2/c1-2-19-12-5-3-4-10(8-12)15(18)13-7-6-11(17)9-14(13)16/h3-9,15,18H,2H2,1H3. The minimum absolute atomic E-state index is 0.203. The second-order valence-corrected chi connectivity index (χ2v) is 4.48. The first-order valence-electron chi connectivity index (χ1n) is 5.97. The van der Waals surface area contributed by atoms with Crippen molar-refractivity contribution in [2.24, 2.45) is 0 Å². The van der Waals surface area contributed by atoms with E-state index in [4.69, 9.17) is 16.3 Å². The third-order valence-corrected chi connectivity index (χ3v) is 3.07. The van der Waals surface area contributed by atoms with Gasteiger partial charge in [-0.25, -0.2) is 4.39 Å². The van der Waals surface area contributed by atoms with E-state index >= 15 is 0 Å². The van der Waals surface area contributed by atoms with E-state index in [1.165, 1.54) is 18.2 Å². The molecule has 2 rings (SSSR count). The zero-order valence-corrected chi connectivity index (χ0v) is 11.2. The number of hydrogen-bond donors (Lipinski definition) is 1. The Kier molecular flexibility index (Phi) is 4.40. The lowest BCUT2D eigenvalue weighted by Gasteiger charge is -2.14. The summed E-state index contributed by atoms with van der Waals surface area (Å²) in [7, 11) is 0. The molecule has 0 radical (unpaired) electrons. The highest BCUT2D eigenvalue weighted by atomic mass is 35.5. The average molecular weight is 281 g/mol. The summed E-state index contributed by atoms with van der Waals surface area (Å²) in [5.74, 6) is 0.251. The van der Waals surface area contributed by atoms with Gasteiger partial charge in [0, 0.05) is 10.6 Å². The van der Waals surface area contributed by atoms with Gasteiger partial charge in [-0.2, -0.15) is 0 Å². The highest BCUT2D eigenvalue weighted by Gasteiger charge is 2.15. The van der Waals surface area contributed by atoms with Crippen LogP contribution in [0.4, 0.5) is 4.39 Å². The van der Waals surface area contributed by atoms with Gasteiger partial charge in [-0.05, 0) is 36.8 Å². The van der Waals surface area contributed by atoms with Crippen LogP contribution in [0.3, 0.4) is 0 Å². The molecule has 19 heavy (non-hydrogen) atoms. The summed E-state index contributed by atoms with van der Waals surface area (Å²) in [6, 6.07) is 11.1. The predicted molar refractivity (Wildman–Crippen MR) is 73.1 cm³/mol. The summed E-state index contributed by atoms with van der Waals surface area (Å²) in [5, 5.41) is 10.5. The van der Waals surface area contributed by atoms with Crippen molar-refractivity contribution in [2.75, 3.05) is 6.61 Å². The normalized spacial score (nSPS) is 12.2. The zero-order valence-electron chi connectivity index (χ0n) is 10.4. The van der Waals surface area contributed by atoms with Gasteiger partial charge in [0.25, 0.3) is 0 Å². The van der Waals surface area contributed by atoms with Crippen molar-refractivity contribution in [3.63, 3.8) is 0 Å². The third-order valence-electron chi connectivity index (χ3n) is 2.74. The fraction of sp³-hybridized carbons (Fsp3) is 0.200. The number of aliphatic hydroxyl groups excluding tert-OH is 1. The van der Waals surface area contributed by atoms with Crippen molar-refractivity contribution in [1.82, 2.24) is 0 Å². The van der Waals surface area contributed by atoms with Gasteiger partial charge in [-0.1, -0.05) is 29.8 Å². The topological polar surface area (TPSA) is 29.5 Å². The summed E-state index contributed by atoms with van der Waals surface area (Å²) in [4.78, 5) is 0. The van der Waals surface area contributed by atoms with Crippen molar-refractivity contribution in [2.45, 2.75) is 13.0 Å². The molecule has 1 atom stereocenters. The second-order valence-electron chi connectivity index (χ2n) is 4.07. The lowest BCUT2D eigenvalue weighted by Crippen LogP contribution is -2.02. The molecule has 100 valence electrons. The SMILES string of the molecule is CCOc1cccc(C(O)c2ccc(F)cc2Cl)c1. The number of benzene rings is 2. The smallest absolute Gasteiger partial charge is 0.124 e. The molecule has 0 saturated heterocycles. The molecule has 2 aromatic rings. The minimum Gasteiger partial charge on any atom is -0.494 e. The first kappa shape index (κ1) is 13.8. The van der Waals surface area contributed by atoms with Crippen LogP contribution in [0.5, 0.6) is 5.75 Å². The van der Waals surface area contributed by atoms with Crippen LogP contribution in [0.2, 0.25) is 5.02 Å². The highest BCUT2D eigenvalue weighted by molar-refractivity contribution is 6.31. The molecule has 0 aromatic heterocycles. The Hall–Kier alpha value is -1.58. The molecule has 0 aliphatic heterocycles. The summed E-state index contributed by atoms with van der Waals surface area (Å²) >= 11 is 5.94. The van der Waals surface area contributed by atoms with Crippen molar-refractivity contribution in [1.29, 1.82) is 0 Å². The van der Waals surface area contributed by atoms with Crippen LogP contribution in [-0.4, -0.2) is 11.7 Å². The highest BCUT2D eigenvalue weighted by Crippen LogP contribution is 2.30. The number of rotatable bonds is 4. The quantitative estimate of drug-likeness (QED) is 0.918. The van der Waals surface area contributed by atoms with E-state index in [-0.39, 0.29) is 5.02 Å². The fourth-order valence-electron chi connectivity index (χ4n) is 1.84. The Morgan fingerprint density at radius 3 is 2.74 bits per heavy atom. The maximum Gasteiger partial charge on any atom is 0.124 e. The maximum absolute atomic E-state index is 13.0. The number of ether oxygens (including phenoxy) is 1. The Morgan fingerprint density at radius 1 is 1.26 bits per heavy atom. The van der Waals surface area contributed by atoms with E-state index in [2.05, 4.69) is 0 Å². The Balaban J connectivity index is 2.32. The summed E-state index contributed by atoms with van der Waals surface area (Å²) in [6.07, 6.45) is -0.909. The van der Waals surface area contributed by atoms with E-state index in [1.807, 2.05) is 13.0 Å². The van der Waals surface area contributed by atoms with Crippen molar-refractivity contribution in [3.05, 3.63) is 64.4 Å². The van der Waals surface area contributed by atoms with Gasteiger partial charge in [0.15, 0.2) is 0 Å². The van der Waals surface area contributed by atoms with E-state index < -0.39 is 11.9 Å². The minimum atomic E-state index is -0.909. The lowest BCUT2D eigenvalue weighted by molar-refractivity contribution is 0.219. The Morgan fingerprint density at radius 2 is 2.05 bits per heavy atom. The predicted octanol–water partition coefficient (Wildman–Crippen LogP) is 3.96. The number of halogens is 2. The molecule has 1 unspecified atom stereocenters. The molecular weight excluding hydrogens is 267 g/mol. The molecule has 2 aromatic carbocycles. The van der Waals surface area contributed by atoms with Gasteiger partial charge in [0.05, 0.1) is 6.61 Å².